The van der Waals surface area contributed by atoms with Crippen LogP contribution >= 0.6 is 11.6 Å². The molecule has 0 saturated carbocycles. The summed E-state index contributed by atoms with van der Waals surface area (Å²) >= 11 is 6.06. The lowest BCUT2D eigenvalue weighted by Crippen LogP contribution is -2.25. The van der Waals surface area contributed by atoms with Crippen LogP contribution in [0.25, 0.3) is 0 Å². The van der Waals surface area contributed by atoms with Gasteiger partial charge in [-0.15, -0.1) is 0 Å². The number of nitrogens with one attached hydrogen (secondary N) is 1. The van der Waals surface area contributed by atoms with Gasteiger partial charge in [0, 0.05) is 22.8 Å². The molecule has 1 N–H and O–H groups in total. The molecule has 3 rings (SSSR count). The molecule has 0 aromatic heterocycles. The van der Waals surface area contributed by atoms with Crippen LogP contribution in [0.15, 0.2) is 42.5 Å². The maximum absolute atomic E-state index is 12.5. The molecular formula is C17H17ClN2O3S. The van der Waals surface area contributed by atoms with E-state index in [0.717, 1.165) is 5.56 Å². The number of benzene rings is 2. The molecule has 1 fully saturated rings. The van der Waals surface area contributed by atoms with Crippen LogP contribution in [-0.2, 0) is 10.0 Å². The second kappa shape index (κ2) is 6.45. The number of rotatable bonds is 3. The van der Waals surface area contributed by atoms with Crippen LogP contribution in [0.3, 0.4) is 0 Å². The monoisotopic (exact) mass is 364 g/mol. The lowest BCUT2D eigenvalue weighted by atomic mass is 10.1. The van der Waals surface area contributed by atoms with E-state index in [1.807, 2.05) is 6.92 Å². The van der Waals surface area contributed by atoms with Crippen LogP contribution in [0, 0.1) is 6.92 Å². The van der Waals surface area contributed by atoms with E-state index in [0.29, 0.717) is 34.9 Å². The average molecular weight is 365 g/mol. The third-order valence-electron chi connectivity index (χ3n) is 4.01. The number of sulfonamides is 1. The molecule has 0 aliphatic carbocycles. The molecule has 5 nitrogen and oxygen atoms in total. The highest BCUT2D eigenvalue weighted by Gasteiger charge is 2.28. The number of amides is 1. The Balaban J connectivity index is 1.86. The van der Waals surface area contributed by atoms with E-state index in [4.69, 9.17) is 11.6 Å². The summed E-state index contributed by atoms with van der Waals surface area (Å²) in [4.78, 5) is 12.5. The van der Waals surface area contributed by atoms with Crippen LogP contribution in [0.1, 0.15) is 22.3 Å². The van der Waals surface area contributed by atoms with Crippen LogP contribution in [0.4, 0.5) is 11.4 Å². The Bertz CT molecular complexity index is 896. The van der Waals surface area contributed by atoms with E-state index in [2.05, 4.69) is 5.32 Å². The van der Waals surface area contributed by atoms with Crippen molar-refractivity contribution in [2.45, 2.75) is 13.3 Å². The predicted molar refractivity (Wildman–Crippen MR) is 96.3 cm³/mol. The molecule has 24 heavy (non-hydrogen) atoms. The van der Waals surface area contributed by atoms with Gasteiger partial charge < -0.3 is 5.32 Å². The van der Waals surface area contributed by atoms with E-state index < -0.39 is 10.0 Å². The largest absolute Gasteiger partial charge is 0.322 e. The van der Waals surface area contributed by atoms with E-state index in [1.165, 1.54) is 4.31 Å². The van der Waals surface area contributed by atoms with E-state index >= 15 is 0 Å². The van der Waals surface area contributed by atoms with Gasteiger partial charge in [-0.25, -0.2) is 8.42 Å². The molecule has 1 amide bonds. The lowest BCUT2D eigenvalue weighted by molar-refractivity contribution is 0.102. The van der Waals surface area contributed by atoms with Gasteiger partial charge in [-0.2, -0.15) is 0 Å². The van der Waals surface area contributed by atoms with Crippen molar-refractivity contribution >= 4 is 38.9 Å². The van der Waals surface area contributed by atoms with Crippen LogP contribution in [0.5, 0.6) is 0 Å². The van der Waals surface area contributed by atoms with Gasteiger partial charge >= 0.3 is 0 Å². The van der Waals surface area contributed by atoms with Crippen molar-refractivity contribution in [3.63, 3.8) is 0 Å². The zero-order chi connectivity index (χ0) is 17.3. The van der Waals surface area contributed by atoms with Gasteiger partial charge in [0.05, 0.1) is 11.4 Å². The minimum Gasteiger partial charge on any atom is -0.322 e. The Labute approximate surface area is 146 Å². The van der Waals surface area contributed by atoms with Gasteiger partial charge in [0.2, 0.25) is 10.0 Å². The summed E-state index contributed by atoms with van der Waals surface area (Å²) in [5.41, 5.74) is 2.33. The molecule has 126 valence electrons. The summed E-state index contributed by atoms with van der Waals surface area (Å²) in [6.07, 6.45) is 0.598. The van der Waals surface area contributed by atoms with Gasteiger partial charge in [0.1, 0.15) is 0 Å². The molecule has 1 heterocycles. The number of anilines is 2. The van der Waals surface area contributed by atoms with Crippen molar-refractivity contribution < 1.29 is 13.2 Å². The lowest BCUT2D eigenvalue weighted by Gasteiger charge is -2.17. The first kappa shape index (κ1) is 16.8. The molecule has 0 spiro atoms. The number of carbonyl (C=O) groups excluding carboxylic acids is 1. The first-order valence-corrected chi connectivity index (χ1v) is 9.54. The van der Waals surface area contributed by atoms with Crippen molar-refractivity contribution in [1.82, 2.24) is 0 Å². The molecule has 1 saturated heterocycles. The molecular weight excluding hydrogens is 348 g/mol. The molecule has 1 aliphatic heterocycles. The highest BCUT2D eigenvalue weighted by molar-refractivity contribution is 7.93. The van der Waals surface area contributed by atoms with Crippen LogP contribution in [0.2, 0.25) is 5.02 Å². The summed E-state index contributed by atoms with van der Waals surface area (Å²) in [7, 11) is -3.27. The third kappa shape index (κ3) is 3.25. The normalized spacial score (nSPS) is 16.2. The summed E-state index contributed by atoms with van der Waals surface area (Å²) in [6, 6.07) is 11.9. The zero-order valence-corrected chi connectivity index (χ0v) is 14.7. The smallest absolute Gasteiger partial charge is 0.255 e. The van der Waals surface area contributed by atoms with E-state index in [9.17, 15) is 13.2 Å². The quantitative estimate of drug-likeness (QED) is 0.907. The van der Waals surface area contributed by atoms with Gasteiger partial charge in [-0.1, -0.05) is 23.7 Å². The third-order valence-corrected chi connectivity index (χ3v) is 6.29. The van der Waals surface area contributed by atoms with E-state index in [1.54, 1.807) is 42.5 Å². The molecule has 0 atom stereocenters. The molecule has 1 aliphatic rings. The zero-order valence-electron chi connectivity index (χ0n) is 13.1. The minimum atomic E-state index is -3.27. The number of carbonyl (C=O) groups is 1. The number of hydrogen-bond acceptors (Lipinski definition) is 3. The first-order chi connectivity index (χ1) is 11.4. The molecule has 0 unspecified atom stereocenters. The van der Waals surface area contributed by atoms with Gasteiger partial charge in [-0.3, -0.25) is 9.10 Å². The highest BCUT2D eigenvalue weighted by atomic mass is 35.5. The Kier molecular flexibility index (Phi) is 4.51. The average Bonchev–Trinajstić information content (AvgIpc) is 2.91. The fourth-order valence-electron chi connectivity index (χ4n) is 2.67. The maximum atomic E-state index is 12.5. The van der Waals surface area contributed by atoms with Gasteiger partial charge in [-0.05, 0) is 49.2 Å². The number of halogens is 1. The topological polar surface area (TPSA) is 66.5 Å². The van der Waals surface area contributed by atoms with Crippen molar-refractivity contribution in [2.24, 2.45) is 0 Å². The first-order valence-electron chi connectivity index (χ1n) is 7.55. The summed E-state index contributed by atoms with van der Waals surface area (Å²) in [5.74, 6) is -0.163. The summed E-state index contributed by atoms with van der Waals surface area (Å²) in [6.45, 7) is 2.27. The molecule has 0 bridgehead atoms. The Morgan fingerprint density at radius 1 is 1.21 bits per heavy atom. The minimum absolute atomic E-state index is 0.144. The molecule has 0 radical (unpaired) electrons. The number of nitrogens with zero attached hydrogens (tertiary/aromatic N) is 1. The summed E-state index contributed by atoms with van der Waals surface area (Å²) in [5, 5.41) is 3.39. The summed E-state index contributed by atoms with van der Waals surface area (Å²) < 4.78 is 25.4. The predicted octanol–water partition coefficient (Wildman–Crippen LogP) is 3.44. The van der Waals surface area contributed by atoms with Crippen molar-refractivity contribution in [1.29, 1.82) is 0 Å². The fraction of sp³-hybridized carbons (Fsp3) is 0.235. The maximum Gasteiger partial charge on any atom is 0.255 e. The second-order valence-electron chi connectivity index (χ2n) is 5.66. The second-order valence-corrected chi connectivity index (χ2v) is 8.08. The van der Waals surface area contributed by atoms with Crippen LogP contribution < -0.4 is 9.62 Å². The molecule has 2 aromatic carbocycles. The highest BCUT2D eigenvalue weighted by Crippen LogP contribution is 2.26. The SMILES string of the molecule is Cc1c(Cl)cccc1NC(=O)c1cccc(N2CCCS2(=O)=O)c1. The Morgan fingerprint density at radius 3 is 2.67 bits per heavy atom. The van der Waals surface area contributed by atoms with Crippen molar-refractivity contribution in [3.8, 4) is 0 Å². The van der Waals surface area contributed by atoms with Crippen molar-refractivity contribution in [3.05, 3.63) is 58.6 Å². The standard InChI is InChI=1S/C17H17ClN2O3S/c1-12-15(18)7-3-8-16(12)19-17(21)13-5-2-6-14(11-13)20-9-4-10-24(20,22)23/h2-3,5-8,11H,4,9-10H2,1H3,(H,19,21). The fourth-order valence-corrected chi connectivity index (χ4v) is 4.40. The van der Waals surface area contributed by atoms with Gasteiger partial charge in [0.25, 0.3) is 5.91 Å². The van der Waals surface area contributed by atoms with Crippen LogP contribution in [-0.4, -0.2) is 26.6 Å². The molecule has 2 aromatic rings. The Morgan fingerprint density at radius 2 is 1.96 bits per heavy atom. The number of hydrogen-bond donors (Lipinski definition) is 1. The van der Waals surface area contributed by atoms with E-state index in [-0.39, 0.29) is 11.7 Å². The molecule has 7 heteroatoms. The van der Waals surface area contributed by atoms with Crippen molar-refractivity contribution in [2.75, 3.05) is 21.9 Å². The van der Waals surface area contributed by atoms with Gasteiger partial charge in [0.15, 0.2) is 0 Å². The Hall–Kier alpha value is -2.05.